The van der Waals surface area contributed by atoms with Crippen molar-refractivity contribution in [3.8, 4) is 28.7 Å². The minimum atomic E-state index is -0.841. The quantitative estimate of drug-likeness (QED) is 0.189. The summed E-state index contributed by atoms with van der Waals surface area (Å²) in [6.45, 7) is 21.5. The summed E-state index contributed by atoms with van der Waals surface area (Å²) in [6.07, 6.45) is 1.14. The Hall–Kier alpha value is -5.51. The van der Waals surface area contributed by atoms with Gasteiger partial charge in [-0.25, -0.2) is 24.0 Å². The van der Waals surface area contributed by atoms with Gasteiger partial charge in [-0.15, -0.1) is 0 Å². The van der Waals surface area contributed by atoms with Crippen LogP contribution in [0.3, 0.4) is 0 Å². The Morgan fingerprint density at radius 1 is 0.524 bits per heavy atom. The fourth-order valence-electron chi connectivity index (χ4n) is 2.81. The number of allylic oxidation sites excluding steroid dienone is 1. The second-order valence-corrected chi connectivity index (χ2v) is 9.23. The molecule has 0 spiro atoms. The van der Waals surface area contributed by atoms with E-state index >= 15 is 0 Å². The second kappa shape index (κ2) is 14.2. The number of rotatable bonds is 11. The maximum absolute atomic E-state index is 12.8. The molecule has 0 bridgehead atoms. The lowest BCUT2D eigenvalue weighted by Crippen LogP contribution is -2.13. The zero-order valence-corrected chi connectivity index (χ0v) is 24.0. The van der Waals surface area contributed by atoms with Gasteiger partial charge < -0.3 is 23.7 Å². The first-order chi connectivity index (χ1) is 19.6. The third kappa shape index (κ3) is 9.60. The van der Waals surface area contributed by atoms with Crippen LogP contribution in [0.2, 0.25) is 0 Å². The average molecular weight is 575 g/mol. The Bertz CT molecular complexity index is 1510. The second-order valence-electron chi connectivity index (χ2n) is 9.23. The van der Waals surface area contributed by atoms with Crippen LogP contribution in [0, 0.1) is 0 Å². The van der Waals surface area contributed by atoms with Crippen LogP contribution in [0.15, 0.2) is 91.1 Å². The molecule has 0 aliphatic carbocycles. The van der Waals surface area contributed by atoms with E-state index in [0.717, 1.165) is 6.08 Å². The van der Waals surface area contributed by atoms with E-state index in [2.05, 4.69) is 26.3 Å². The van der Waals surface area contributed by atoms with Gasteiger partial charge in [0, 0.05) is 46.6 Å². The van der Waals surface area contributed by atoms with Crippen molar-refractivity contribution < 1.29 is 47.7 Å². The molecule has 0 heterocycles. The zero-order chi connectivity index (χ0) is 31.7. The summed E-state index contributed by atoms with van der Waals surface area (Å²) >= 11 is 0. The van der Waals surface area contributed by atoms with Crippen LogP contribution in [0.5, 0.6) is 28.7 Å². The van der Waals surface area contributed by atoms with Crippen molar-refractivity contribution in [1.82, 2.24) is 0 Å². The van der Waals surface area contributed by atoms with Crippen LogP contribution in [0.4, 0.5) is 0 Å². The van der Waals surface area contributed by atoms with E-state index in [-0.39, 0.29) is 51.0 Å². The predicted octanol–water partition coefficient (Wildman–Crippen LogP) is 5.62. The van der Waals surface area contributed by atoms with E-state index in [9.17, 15) is 24.0 Å². The lowest BCUT2D eigenvalue weighted by molar-refractivity contribution is -0.132. The van der Waals surface area contributed by atoms with Gasteiger partial charge in [0.1, 0.15) is 17.2 Å². The maximum atomic E-state index is 12.8. The van der Waals surface area contributed by atoms with Crippen LogP contribution in [0.25, 0.3) is 5.57 Å². The smallest absolute Gasteiger partial charge is 0.338 e. The lowest BCUT2D eigenvalue weighted by atomic mass is 10.1. The highest BCUT2D eigenvalue weighted by atomic mass is 16.6. The average Bonchev–Trinajstić information content (AvgIpc) is 2.88. The molecule has 0 unspecified atom stereocenters. The van der Waals surface area contributed by atoms with Crippen LogP contribution < -0.4 is 23.7 Å². The Balaban J connectivity index is 2.40. The lowest BCUT2D eigenvalue weighted by Gasteiger charge is -2.13. The molecule has 2 aromatic carbocycles. The highest BCUT2D eigenvalue weighted by molar-refractivity contribution is 5.94. The third-order valence-electron chi connectivity index (χ3n) is 5.03. The molecule has 10 nitrogen and oxygen atoms in total. The Morgan fingerprint density at radius 2 is 0.905 bits per heavy atom. The molecule has 0 aliphatic rings. The molecule has 0 fully saturated rings. The van der Waals surface area contributed by atoms with E-state index in [4.69, 9.17) is 23.7 Å². The Labute approximate surface area is 243 Å². The van der Waals surface area contributed by atoms with Crippen molar-refractivity contribution in [3.05, 3.63) is 96.6 Å². The van der Waals surface area contributed by atoms with Crippen molar-refractivity contribution in [2.45, 2.75) is 34.6 Å². The number of esters is 5. The molecule has 0 saturated heterocycles. The Kier molecular flexibility index (Phi) is 11.1. The SMILES string of the molecule is C=C(C)C(=O)Oc1cc(OC(=O)/C=C(\C)c2ccc(OC(=O)C(=C)C)c(OC(=O)C(=C)C)c2)cc(OC(=O)C(=C)C)c1. The number of ether oxygens (including phenoxy) is 5. The first-order valence-corrected chi connectivity index (χ1v) is 12.3. The van der Waals surface area contributed by atoms with Crippen LogP contribution in [-0.4, -0.2) is 29.8 Å². The molecule has 0 radical (unpaired) electrons. The fraction of sp³-hybridized carbons (Fsp3) is 0.156. The molecule has 218 valence electrons. The van der Waals surface area contributed by atoms with Gasteiger partial charge in [-0.2, -0.15) is 0 Å². The summed E-state index contributed by atoms with van der Waals surface area (Å²) in [5.41, 5.74) is 1.27. The summed E-state index contributed by atoms with van der Waals surface area (Å²) in [5, 5.41) is 0. The minimum absolute atomic E-state index is 0.0466. The molecule has 2 aromatic rings. The van der Waals surface area contributed by atoms with E-state index in [0.29, 0.717) is 11.1 Å². The number of hydrogen-bond donors (Lipinski definition) is 0. The number of carbonyl (C=O) groups is 5. The highest BCUT2D eigenvalue weighted by Crippen LogP contribution is 2.33. The molecule has 10 heteroatoms. The van der Waals surface area contributed by atoms with Crippen molar-refractivity contribution in [2.24, 2.45) is 0 Å². The molecule has 0 aromatic heterocycles. The number of benzene rings is 2. The molecule has 0 atom stereocenters. The van der Waals surface area contributed by atoms with Crippen molar-refractivity contribution in [3.63, 3.8) is 0 Å². The molecule has 2 rings (SSSR count). The Morgan fingerprint density at radius 3 is 1.33 bits per heavy atom. The molecular weight excluding hydrogens is 544 g/mol. The van der Waals surface area contributed by atoms with Crippen LogP contribution in [0.1, 0.15) is 40.2 Å². The highest BCUT2D eigenvalue weighted by Gasteiger charge is 2.18. The minimum Gasteiger partial charge on any atom is -0.423 e. The summed E-state index contributed by atoms with van der Waals surface area (Å²) in [6, 6.07) is 8.08. The molecule has 0 amide bonds. The first-order valence-electron chi connectivity index (χ1n) is 12.3. The van der Waals surface area contributed by atoms with Gasteiger partial charge in [-0.05, 0) is 57.9 Å². The topological polar surface area (TPSA) is 132 Å². The molecule has 42 heavy (non-hydrogen) atoms. The molecule has 0 saturated carbocycles. The normalized spacial score (nSPS) is 10.5. The van der Waals surface area contributed by atoms with E-state index in [1.165, 1.54) is 64.1 Å². The van der Waals surface area contributed by atoms with E-state index in [1.807, 2.05) is 0 Å². The first kappa shape index (κ1) is 32.7. The van der Waals surface area contributed by atoms with Crippen molar-refractivity contribution in [1.29, 1.82) is 0 Å². The standard InChI is InChI=1S/C32H30O10/c1-17(2)29(34)39-24-14-23(15-25(16-24)40-30(35)18(3)4)38-28(33)12-21(9)22-10-11-26(41-31(36)19(5)6)27(13-22)42-32(37)20(7)8/h10-16H,1,3,5,7H2,2,4,6,8-9H3/b21-12+. The van der Waals surface area contributed by atoms with E-state index < -0.39 is 29.8 Å². The van der Waals surface area contributed by atoms with Gasteiger partial charge in [0.25, 0.3) is 0 Å². The largest absolute Gasteiger partial charge is 0.423 e. The van der Waals surface area contributed by atoms with Crippen LogP contribution in [-0.2, 0) is 24.0 Å². The van der Waals surface area contributed by atoms with E-state index in [1.54, 1.807) is 6.92 Å². The monoisotopic (exact) mass is 574 g/mol. The zero-order valence-electron chi connectivity index (χ0n) is 24.0. The summed E-state index contributed by atoms with van der Waals surface area (Å²) in [7, 11) is 0. The summed E-state index contributed by atoms with van der Waals surface area (Å²) in [4.78, 5) is 61.0. The molecular formula is C32H30O10. The van der Waals surface area contributed by atoms with Crippen molar-refractivity contribution in [2.75, 3.05) is 0 Å². The van der Waals surface area contributed by atoms with Gasteiger partial charge in [0.2, 0.25) is 0 Å². The fourth-order valence-corrected chi connectivity index (χ4v) is 2.81. The predicted molar refractivity (Wildman–Crippen MR) is 154 cm³/mol. The third-order valence-corrected chi connectivity index (χ3v) is 5.03. The van der Waals surface area contributed by atoms with Gasteiger partial charge in [0.05, 0.1) is 0 Å². The maximum Gasteiger partial charge on any atom is 0.338 e. The molecule has 0 aliphatic heterocycles. The summed E-state index contributed by atoms with van der Waals surface area (Å²) < 4.78 is 26.3. The van der Waals surface area contributed by atoms with Gasteiger partial charge in [0.15, 0.2) is 11.5 Å². The van der Waals surface area contributed by atoms with Gasteiger partial charge in [-0.1, -0.05) is 32.4 Å². The number of carbonyl (C=O) groups excluding carboxylic acids is 5. The number of hydrogen-bond acceptors (Lipinski definition) is 10. The van der Waals surface area contributed by atoms with Gasteiger partial charge in [-0.3, -0.25) is 0 Å². The molecule has 0 N–H and O–H groups in total. The van der Waals surface area contributed by atoms with Gasteiger partial charge >= 0.3 is 29.8 Å². The summed E-state index contributed by atoms with van der Waals surface area (Å²) in [5.74, 6) is -4.18. The van der Waals surface area contributed by atoms with Crippen molar-refractivity contribution >= 4 is 35.4 Å². The van der Waals surface area contributed by atoms with Crippen LogP contribution >= 0.6 is 0 Å².